The van der Waals surface area contributed by atoms with Gasteiger partial charge in [0.25, 0.3) is 0 Å². The Morgan fingerprint density at radius 2 is 1.72 bits per heavy atom. The van der Waals surface area contributed by atoms with E-state index >= 15 is 0 Å². The highest BCUT2D eigenvalue weighted by Gasteiger charge is 2.30. The highest BCUT2D eigenvalue weighted by Crippen LogP contribution is 2.32. The van der Waals surface area contributed by atoms with Crippen molar-refractivity contribution in [1.29, 1.82) is 0 Å². The van der Waals surface area contributed by atoms with Crippen LogP contribution in [-0.2, 0) is 6.54 Å². The van der Waals surface area contributed by atoms with Crippen molar-refractivity contribution in [2.75, 3.05) is 6.54 Å². The van der Waals surface area contributed by atoms with Crippen LogP contribution in [0.4, 0.5) is 0 Å². The molecule has 1 aliphatic carbocycles. The van der Waals surface area contributed by atoms with E-state index in [-0.39, 0.29) is 0 Å². The van der Waals surface area contributed by atoms with Gasteiger partial charge in [-0.3, -0.25) is 0 Å². The van der Waals surface area contributed by atoms with E-state index in [1.54, 1.807) is 12.1 Å². The smallest absolute Gasteiger partial charge is 0.0771 e. The van der Waals surface area contributed by atoms with Crippen molar-refractivity contribution in [3.63, 3.8) is 0 Å². The third kappa shape index (κ3) is 3.31. The molecule has 0 amide bonds. The Bertz CT molecular complexity index is 430. The van der Waals surface area contributed by atoms with Crippen LogP contribution in [0.3, 0.4) is 0 Å². The first-order valence-electron chi connectivity index (χ1n) is 6.07. The molecule has 1 aromatic rings. The monoisotopic (exact) mass is 307 g/mol. The van der Waals surface area contributed by atoms with Gasteiger partial charge < -0.3 is 10.4 Å². The summed E-state index contributed by atoms with van der Waals surface area (Å²) in [6.45, 7) is 1.08. The Kier molecular flexibility index (Phi) is 4.79. The summed E-state index contributed by atoms with van der Waals surface area (Å²) in [6, 6.07) is 3.41. The largest absolute Gasteiger partial charge is 0.389 e. The van der Waals surface area contributed by atoms with Gasteiger partial charge in [0, 0.05) is 23.7 Å². The van der Waals surface area contributed by atoms with Gasteiger partial charge in [-0.2, -0.15) is 0 Å². The molecule has 18 heavy (non-hydrogen) atoms. The van der Waals surface area contributed by atoms with Gasteiger partial charge in [0.1, 0.15) is 0 Å². The molecule has 2 nitrogen and oxygen atoms in total. The summed E-state index contributed by atoms with van der Waals surface area (Å²) < 4.78 is 0. The molecule has 0 radical (unpaired) electrons. The van der Waals surface area contributed by atoms with Crippen molar-refractivity contribution in [3.05, 3.63) is 32.8 Å². The van der Waals surface area contributed by atoms with Crippen molar-refractivity contribution in [1.82, 2.24) is 5.32 Å². The van der Waals surface area contributed by atoms with E-state index in [9.17, 15) is 5.11 Å². The van der Waals surface area contributed by atoms with Gasteiger partial charge in [-0.05, 0) is 25.0 Å². The molecule has 1 fully saturated rings. The van der Waals surface area contributed by atoms with Crippen LogP contribution < -0.4 is 5.32 Å². The number of benzene rings is 1. The van der Waals surface area contributed by atoms with Gasteiger partial charge in [0.2, 0.25) is 0 Å². The van der Waals surface area contributed by atoms with Gasteiger partial charge in [-0.25, -0.2) is 0 Å². The Morgan fingerprint density at radius 3 is 2.39 bits per heavy atom. The molecule has 2 rings (SSSR count). The minimum Gasteiger partial charge on any atom is -0.389 e. The zero-order valence-electron chi connectivity index (χ0n) is 9.98. The molecule has 1 aromatic carbocycles. The number of aliphatic hydroxyl groups is 1. The Morgan fingerprint density at radius 1 is 1.11 bits per heavy atom. The predicted octanol–water partition coefficient (Wildman–Crippen LogP) is 4.04. The first-order chi connectivity index (χ1) is 8.52. The number of halogens is 3. The summed E-state index contributed by atoms with van der Waals surface area (Å²) in [4.78, 5) is 0. The van der Waals surface area contributed by atoms with Gasteiger partial charge in [0.15, 0.2) is 0 Å². The summed E-state index contributed by atoms with van der Waals surface area (Å²) >= 11 is 18.1. The molecule has 1 saturated carbocycles. The fraction of sp³-hybridized carbons (Fsp3) is 0.538. The average molecular weight is 309 g/mol. The maximum absolute atomic E-state index is 10.2. The highest BCUT2D eigenvalue weighted by molar-refractivity contribution is 6.44. The zero-order valence-corrected chi connectivity index (χ0v) is 12.2. The van der Waals surface area contributed by atoms with Crippen molar-refractivity contribution < 1.29 is 5.11 Å². The highest BCUT2D eigenvalue weighted by atomic mass is 35.5. The maximum atomic E-state index is 10.2. The minimum atomic E-state index is -0.572. The van der Waals surface area contributed by atoms with Crippen LogP contribution in [0.15, 0.2) is 12.1 Å². The molecule has 1 aliphatic rings. The van der Waals surface area contributed by atoms with Crippen molar-refractivity contribution in [2.24, 2.45) is 0 Å². The van der Waals surface area contributed by atoms with Crippen LogP contribution in [-0.4, -0.2) is 17.3 Å². The first kappa shape index (κ1) is 14.4. The topological polar surface area (TPSA) is 32.3 Å². The molecule has 0 unspecified atom stereocenters. The number of hydrogen-bond acceptors (Lipinski definition) is 2. The molecular weight excluding hydrogens is 293 g/mol. The lowest BCUT2D eigenvalue weighted by Crippen LogP contribution is -2.37. The maximum Gasteiger partial charge on any atom is 0.0771 e. The number of hydrogen-bond donors (Lipinski definition) is 2. The third-order valence-electron chi connectivity index (χ3n) is 3.43. The van der Waals surface area contributed by atoms with E-state index in [0.29, 0.717) is 28.2 Å². The minimum absolute atomic E-state index is 0.482. The van der Waals surface area contributed by atoms with E-state index in [2.05, 4.69) is 5.32 Å². The van der Waals surface area contributed by atoms with Crippen LogP contribution in [0.25, 0.3) is 0 Å². The lowest BCUT2D eigenvalue weighted by atomic mass is 10.0. The third-order valence-corrected chi connectivity index (χ3v) is 4.63. The molecular formula is C13H16Cl3NO. The standard InChI is InChI=1S/C13H16Cl3NO/c14-10-3-4-11(15)12(16)9(10)7-17-8-13(18)5-1-2-6-13/h3-4,17-18H,1-2,5-8H2. The van der Waals surface area contributed by atoms with Crippen molar-refractivity contribution >= 4 is 34.8 Å². The number of nitrogens with one attached hydrogen (secondary N) is 1. The van der Waals surface area contributed by atoms with Crippen molar-refractivity contribution in [2.45, 2.75) is 37.8 Å². The fourth-order valence-corrected chi connectivity index (χ4v) is 3.04. The summed E-state index contributed by atoms with van der Waals surface area (Å²) in [6.07, 6.45) is 3.90. The van der Waals surface area contributed by atoms with Crippen LogP contribution >= 0.6 is 34.8 Å². The van der Waals surface area contributed by atoms with Crippen LogP contribution in [0.1, 0.15) is 31.2 Å². The normalized spacial score (nSPS) is 18.2. The SMILES string of the molecule is OC1(CNCc2c(Cl)ccc(Cl)c2Cl)CCCC1. The second kappa shape index (κ2) is 5.98. The summed E-state index contributed by atoms with van der Waals surface area (Å²) in [5.41, 5.74) is 0.213. The molecule has 0 aromatic heterocycles. The molecule has 5 heteroatoms. The molecule has 0 aliphatic heterocycles. The Balaban J connectivity index is 1.96. The average Bonchev–Trinajstić information content (AvgIpc) is 2.76. The second-order valence-electron chi connectivity index (χ2n) is 4.86. The van der Waals surface area contributed by atoms with Crippen LogP contribution in [0, 0.1) is 0 Å². The second-order valence-corrected chi connectivity index (χ2v) is 6.05. The number of rotatable bonds is 4. The van der Waals surface area contributed by atoms with Crippen LogP contribution in [0.5, 0.6) is 0 Å². The predicted molar refractivity (Wildman–Crippen MR) is 76.6 cm³/mol. The van der Waals surface area contributed by atoms with E-state index in [4.69, 9.17) is 34.8 Å². The molecule has 100 valence electrons. The van der Waals surface area contributed by atoms with Gasteiger partial charge in [-0.1, -0.05) is 47.6 Å². The van der Waals surface area contributed by atoms with Crippen molar-refractivity contribution in [3.8, 4) is 0 Å². The lowest BCUT2D eigenvalue weighted by Gasteiger charge is -2.22. The zero-order chi connectivity index (χ0) is 13.2. The van der Waals surface area contributed by atoms with E-state index in [1.807, 2.05) is 0 Å². The molecule has 0 atom stereocenters. The van der Waals surface area contributed by atoms with E-state index < -0.39 is 5.60 Å². The Labute approximate surface area is 122 Å². The van der Waals surface area contributed by atoms with Crippen LogP contribution in [0.2, 0.25) is 15.1 Å². The summed E-state index contributed by atoms with van der Waals surface area (Å²) in [5.74, 6) is 0. The van der Waals surface area contributed by atoms with E-state index in [0.717, 1.165) is 31.2 Å². The van der Waals surface area contributed by atoms with E-state index in [1.165, 1.54) is 0 Å². The molecule has 0 bridgehead atoms. The molecule has 0 spiro atoms. The summed E-state index contributed by atoms with van der Waals surface area (Å²) in [7, 11) is 0. The first-order valence-corrected chi connectivity index (χ1v) is 7.21. The summed E-state index contributed by atoms with van der Waals surface area (Å²) in [5, 5.41) is 15.0. The lowest BCUT2D eigenvalue weighted by molar-refractivity contribution is 0.0475. The molecule has 2 N–H and O–H groups in total. The molecule has 0 heterocycles. The van der Waals surface area contributed by atoms with Gasteiger partial charge in [0.05, 0.1) is 15.6 Å². The van der Waals surface area contributed by atoms with Gasteiger partial charge >= 0.3 is 0 Å². The fourth-order valence-electron chi connectivity index (χ4n) is 2.36. The Hall–Kier alpha value is 0.01000. The quantitative estimate of drug-likeness (QED) is 0.823. The molecule has 0 saturated heterocycles. The van der Waals surface area contributed by atoms with Gasteiger partial charge in [-0.15, -0.1) is 0 Å².